The summed E-state index contributed by atoms with van der Waals surface area (Å²) in [6.07, 6.45) is 6.07. The van der Waals surface area contributed by atoms with E-state index >= 15 is 0 Å². The molecule has 1 amide bonds. The lowest BCUT2D eigenvalue weighted by Crippen LogP contribution is -2.35. The zero-order chi connectivity index (χ0) is 16.1. The predicted molar refractivity (Wildman–Crippen MR) is 92.9 cm³/mol. The Bertz CT molecular complexity index is 622. The quantitative estimate of drug-likeness (QED) is 0.845. The highest BCUT2D eigenvalue weighted by molar-refractivity contribution is 7.08. The number of nitrogens with zero attached hydrogens (tertiary/aromatic N) is 4. The number of hydrogen-bond acceptors (Lipinski definition) is 4. The van der Waals surface area contributed by atoms with Gasteiger partial charge in [0.25, 0.3) is 5.91 Å². The van der Waals surface area contributed by atoms with Crippen molar-refractivity contribution in [1.29, 1.82) is 0 Å². The zero-order valence-electron chi connectivity index (χ0n) is 13.6. The van der Waals surface area contributed by atoms with E-state index in [0.717, 1.165) is 63.5 Å². The molecule has 1 fully saturated rings. The minimum absolute atomic E-state index is 0.183. The van der Waals surface area contributed by atoms with Gasteiger partial charge in [0.15, 0.2) is 0 Å². The fourth-order valence-corrected chi connectivity index (χ4v) is 3.70. The first-order valence-corrected chi connectivity index (χ1v) is 9.20. The summed E-state index contributed by atoms with van der Waals surface area (Å²) in [5, 5.41) is 3.91. The third-order valence-corrected chi connectivity index (χ3v) is 5.12. The van der Waals surface area contributed by atoms with Gasteiger partial charge in [-0.25, -0.2) is 4.98 Å². The molecule has 2 aromatic heterocycles. The molecule has 0 N–H and O–H groups in total. The van der Waals surface area contributed by atoms with Gasteiger partial charge in [0.2, 0.25) is 0 Å². The third kappa shape index (κ3) is 4.20. The van der Waals surface area contributed by atoms with Crippen LogP contribution in [0.1, 0.15) is 29.0 Å². The molecule has 0 aliphatic carbocycles. The summed E-state index contributed by atoms with van der Waals surface area (Å²) in [5.74, 6) is 1.26. The van der Waals surface area contributed by atoms with Crippen molar-refractivity contribution in [1.82, 2.24) is 19.4 Å². The van der Waals surface area contributed by atoms with Crippen molar-refractivity contribution < 1.29 is 4.79 Å². The zero-order valence-corrected chi connectivity index (χ0v) is 14.5. The van der Waals surface area contributed by atoms with Gasteiger partial charge in [0, 0.05) is 44.0 Å². The van der Waals surface area contributed by atoms with Gasteiger partial charge in [0.1, 0.15) is 5.82 Å². The first-order chi connectivity index (χ1) is 11.2. The average molecular weight is 332 g/mol. The van der Waals surface area contributed by atoms with Crippen molar-refractivity contribution in [2.45, 2.75) is 26.3 Å². The molecule has 3 rings (SSSR count). The summed E-state index contributed by atoms with van der Waals surface area (Å²) >= 11 is 1.58. The highest BCUT2D eigenvalue weighted by atomic mass is 32.1. The number of rotatable bonds is 5. The van der Waals surface area contributed by atoms with Gasteiger partial charge >= 0.3 is 0 Å². The lowest BCUT2D eigenvalue weighted by molar-refractivity contribution is 0.0762. The van der Waals surface area contributed by atoms with Crippen LogP contribution in [0.25, 0.3) is 0 Å². The number of imidazole rings is 1. The molecule has 1 saturated heterocycles. The molecule has 0 unspecified atom stereocenters. The number of carbonyl (C=O) groups excluding carboxylic acids is 1. The van der Waals surface area contributed by atoms with Crippen molar-refractivity contribution in [3.63, 3.8) is 0 Å². The van der Waals surface area contributed by atoms with E-state index in [1.54, 1.807) is 11.3 Å². The third-order valence-electron chi connectivity index (χ3n) is 4.44. The molecule has 23 heavy (non-hydrogen) atoms. The van der Waals surface area contributed by atoms with Crippen molar-refractivity contribution >= 4 is 17.2 Å². The maximum absolute atomic E-state index is 12.4. The van der Waals surface area contributed by atoms with Gasteiger partial charge < -0.3 is 14.4 Å². The van der Waals surface area contributed by atoms with E-state index in [2.05, 4.69) is 14.5 Å². The normalized spacial score (nSPS) is 16.5. The van der Waals surface area contributed by atoms with Crippen molar-refractivity contribution in [2.24, 2.45) is 0 Å². The molecular weight excluding hydrogens is 308 g/mol. The smallest absolute Gasteiger partial charge is 0.254 e. The summed E-state index contributed by atoms with van der Waals surface area (Å²) in [4.78, 5) is 21.2. The lowest BCUT2D eigenvalue weighted by Gasteiger charge is -2.22. The Morgan fingerprint density at radius 3 is 2.91 bits per heavy atom. The summed E-state index contributed by atoms with van der Waals surface area (Å²) in [6.45, 7) is 7.89. The Morgan fingerprint density at radius 2 is 2.17 bits per heavy atom. The fraction of sp³-hybridized carbons (Fsp3) is 0.529. The maximum Gasteiger partial charge on any atom is 0.254 e. The Morgan fingerprint density at radius 1 is 1.26 bits per heavy atom. The van der Waals surface area contributed by atoms with Crippen LogP contribution in [0.5, 0.6) is 0 Å². The highest BCUT2D eigenvalue weighted by Gasteiger charge is 2.20. The Kier molecular flexibility index (Phi) is 5.46. The van der Waals surface area contributed by atoms with Crippen LogP contribution in [-0.2, 0) is 6.54 Å². The molecule has 1 aliphatic heterocycles. The molecular formula is C17H24N4OS. The molecule has 3 heterocycles. The monoisotopic (exact) mass is 332 g/mol. The molecule has 6 heteroatoms. The molecule has 0 saturated carbocycles. The Labute approximate surface area is 141 Å². The second kappa shape index (κ2) is 7.75. The molecule has 0 aromatic carbocycles. The molecule has 5 nitrogen and oxygen atoms in total. The first-order valence-electron chi connectivity index (χ1n) is 8.25. The Hall–Kier alpha value is -1.66. The second-order valence-corrected chi connectivity index (χ2v) is 6.80. The van der Waals surface area contributed by atoms with Gasteiger partial charge in [-0.1, -0.05) is 0 Å². The minimum Gasteiger partial charge on any atom is -0.337 e. The minimum atomic E-state index is 0.183. The molecule has 0 bridgehead atoms. The summed E-state index contributed by atoms with van der Waals surface area (Å²) < 4.78 is 2.20. The largest absolute Gasteiger partial charge is 0.337 e. The van der Waals surface area contributed by atoms with Crippen molar-refractivity contribution in [3.05, 3.63) is 40.6 Å². The van der Waals surface area contributed by atoms with Crippen LogP contribution < -0.4 is 0 Å². The van der Waals surface area contributed by atoms with E-state index in [1.165, 1.54) is 0 Å². The standard InChI is InChI=1S/C17H24N4OS/c1-15-18-5-10-20(15)8-2-6-19-7-3-9-21(12-11-19)17(22)16-4-13-23-14-16/h4-5,10,13-14H,2-3,6-9,11-12H2,1H3. The van der Waals surface area contributed by atoms with Crippen LogP contribution in [0.15, 0.2) is 29.2 Å². The molecule has 2 aromatic rings. The maximum atomic E-state index is 12.4. The van der Waals surface area contributed by atoms with Gasteiger partial charge in [-0.2, -0.15) is 11.3 Å². The number of aromatic nitrogens is 2. The van der Waals surface area contributed by atoms with Crippen LogP contribution in [0.2, 0.25) is 0 Å². The van der Waals surface area contributed by atoms with Gasteiger partial charge in [0.05, 0.1) is 5.56 Å². The highest BCUT2D eigenvalue weighted by Crippen LogP contribution is 2.12. The molecule has 0 atom stereocenters. The number of aryl methyl sites for hydroxylation is 2. The number of thiophene rings is 1. The Balaban J connectivity index is 1.45. The number of amides is 1. The van der Waals surface area contributed by atoms with Crippen molar-refractivity contribution in [2.75, 3.05) is 32.7 Å². The lowest BCUT2D eigenvalue weighted by atomic mass is 10.3. The van der Waals surface area contributed by atoms with Crippen LogP contribution in [-0.4, -0.2) is 58.0 Å². The van der Waals surface area contributed by atoms with Gasteiger partial charge in [-0.05, 0) is 44.3 Å². The van der Waals surface area contributed by atoms with Crippen LogP contribution in [0.3, 0.4) is 0 Å². The molecule has 1 aliphatic rings. The van der Waals surface area contributed by atoms with E-state index in [4.69, 9.17) is 0 Å². The molecule has 0 radical (unpaired) electrons. The van der Waals surface area contributed by atoms with Crippen LogP contribution in [0, 0.1) is 6.92 Å². The van der Waals surface area contributed by atoms with E-state index < -0.39 is 0 Å². The topological polar surface area (TPSA) is 41.4 Å². The predicted octanol–water partition coefficient (Wildman–Crippen LogP) is 2.49. The van der Waals surface area contributed by atoms with E-state index in [-0.39, 0.29) is 5.91 Å². The fourth-order valence-electron chi connectivity index (χ4n) is 3.07. The van der Waals surface area contributed by atoms with E-state index in [1.807, 2.05) is 41.0 Å². The van der Waals surface area contributed by atoms with Crippen LogP contribution >= 0.6 is 11.3 Å². The summed E-state index contributed by atoms with van der Waals surface area (Å²) in [5.41, 5.74) is 0.832. The number of carbonyl (C=O) groups is 1. The average Bonchev–Trinajstić information content (AvgIpc) is 3.16. The molecule has 0 spiro atoms. The van der Waals surface area contributed by atoms with Gasteiger partial charge in [-0.3, -0.25) is 4.79 Å². The second-order valence-electron chi connectivity index (χ2n) is 6.02. The summed E-state index contributed by atoms with van der Waals surface area (Å²) in [7, 11) is 0. The van der Waals surface area contributed by atoms with E-state index in [9.17, 15) is 4.79 Å². The molecule has 124 valence electrons. The van der Waals surface area contributed by atoms with E-state index in [0.29, 0.717) is 0 Å². The van der Waals surface area contributed by atoms with Crippen LogP contribution in [0.4, 0.5) is 0 Å². The van der Waals surface area contributed by atoms with Crippen molar-refractivity contribution in [3.8, 4) is 0 Å². The number of hydrogen-bond donors (Lipinski definition) is 0. The van der Waals surface area contributed by atoms with Gasteiger partial charge in [-0.15, -0.1) is 0 Å². The SMILES string of the molecule is Cc1nccn1CCCN1CCCN(C(=O)c2ccsc2)CC1. The first kappa shape index (κ1) is 16.2. The summed E-state index contributed by atoms with van der Waals surface area (Å²) in [6, 6.07) is 1.92.